The molecular formula is C9H10N2O2S. The highest BCUT2D eigenvalue weighted by Crippen LogP contribution is 2.16. The first-order valence-electron chi connectivity index (χ1n) is 4.13. The predicted molar refractivity (Wildman–Crippen MR) is 54.7 cm³/mol. The Kier molecular flexibility index (Phi) is 1.85. The molecule has 0 atom stereocenters. The van der Waals surface area contributed by atoms with E-state index in [9.17, 15) is 8.42 Å². The lowest BCUT2D eigenvalue weighted by Gasteiger charge is -1.99. The number of rotatable bonds is 1. The number of benzene rings is 1. The monoisotopic (exact) mass is 210 g/mol. The Balaban J connectivity index is 2.83. The largest absolute Gasteiger partial charge is 0.251 e. The summed E-state index contributed by atoms with van der Waals surface area (Å²) in [6.45, 7) is 1.96. The van der Waals surface area contributed by atoms with Crippen LogP contribution in [-0.4, -0.2) is 23.9 Å². The van der Waals surface area contributed by atoms with E-state index < -0.39 is 10.0 Å². The third-order valence-electron chi connectivity index (χ3n) is 2.00. The summed E-state index contributed by atoms with van der Waals surface area (Å²) >= 11 is 0. The van der Waals surface area contributed by atoms with Crippen LogP contribution in [0.15, 0.2) is 24.4 Å². The van der Waals surface area contributed by atoms with Gasteiger partial charge >= 0.3 is 0 Å². The molecule has 74 valence electrons. The normalized spacial score (nSPS) is 12.1. The molecule has 5 heteroatoms. The molecule has 1 aromatic carbocycles. The van der Waals surface area contributed by atoms with E-state index in [-0.39, 0.29) is 0 Å². The second kappa shape index (κ2) is 2.81. The zero-order valence-corrected chi connectivity index (χ0v) is 8.75. The third kappa shape index (κ3) is 1.39. The summed E-state index contributed by atoms with van der Waals surface area (Å²) in [7, 11) is -3.29. The minimum Gasteiger partial charge on any atom is -0.205 e. The van der Waals surface area contributed by atoms with Crippen LogP contribution in [0.4, 0.5) is 0 Å². The Morgan fingerprint density at radius 3 is 2.71 bits per heavy atom. The van der Waals surface area contributed by atoms with Crippen molar-refractivity contribution in [3.63, 3.8) is 0 Å². The highest BCUT2D eigenvalue weighted by molar-refractivity contribution is 7.89. The fourth-order valence-corrected chi connectivity index (χ4v) is 2.13. The van der Waals surface area contributed by atoms with Gasteiger partial charge in [0.1, 0.15) is 0 Å². The summed E-state index contributed by atoms with van der Waals surface area (Å²) in [6, 6.07) is 5.54. The van der Waals surface area contributed by atoms with Gasteiger partial charge in [-0.3, -0.25) is 0 Å². The molecule has 0 aliphatic carbocycles. The van der Waals surface area contributed by atoms with Crippen LogP contribution in [0.2, 0.25) is 0 Å². The van der Waals surface area contributed by atoms with Crippen LogP contribution in [0.1, 0.15) is 5.56 Å². The van der Waals surface area contributed by atoms with E-state index >= 15 is 0 Å². The summed E-state index contributed by atoms with van der Waals surface area (Å²) in [5, 5.41) is 4.68. The van der Waals surface area contributed by atoms with Gasteiger partial charge in [-0.15, -0.1) is 0 Å². The molecule has 4 nitrogen and oxygen atoms in total. The molecule has 2 rings (SSSR count). The standard InChI is InChI=1S/C9H10N2O2S/c1-7-3-4-9-8(5-7)6-10-11(9)14(2,12)13/h3-6H,1-2H3. The van der Waals surface area contributed by atoms with Gasteiger partial charge in [0, 0.05) is 5.39 Å². The fraction of sp³-hybridized carbons (Fsp3) is 0.222. The van der Waals surface area contributed by atoms with Crippen LogP contribution < -0.4 is 0 Å². The molecule has 0 spiro atoms. The predicted octanol–water partition coefficient (Wildman–Crippen LogP) is 1.15. The first-order chi connectivity index (χ1) is 6.48. The Morgan fingerprint density at radius 2 is 2.07 bits per heavy atom. The average Bonchev–Trinajstić information content (AvgIpc) is 2.45. The van der Waals surface area contributed by atoms with E-state index in [0.29, 0.717) is 5.52 Å². The number of aromatic nitrogens is 2. The minimum atomic E-state index is -3.29. The van der Waals surface area contributed by atoms with Crippen molar-refractivity contribution in [1.29, 1.82) is 0 Å². The van der Waals surface area contributed by atoms with Gasteiger partial charge in [-0.1, -0.05) is 11.6 Å². The van der Waals surface area contributed by atoms with Crippen molar-refractivity contribution in [2.24, 2.45) is 0 Å². The van der Waals surface area contributed by atoms with E-state index in [1.54, 1.807) is 12.3 Å². The van der Waals surface area contributed by atoms with Gasteiger partial charge < -0.3 is 0 Å². The Morgan fingerprint density at radius 1 is 1.36 bits per heavy atom. The molecule has 0 aliphatic heterocycles. The quantitative estimate of drug-likeness (QED) is 0.709. The Hall–Kier alpha value is -1.36. The molecule has 0 fully saturated rings. The van der Waals surface area contributed by atoms with Gasteiger partial charge in [0.25, 0.3) is 10.0 Å². The molecule has 0 bridgehead atoms. The Labute approximate surface area is 82.2 Å². The van der Waals surface area contributed by atoms with Gasteiger partial charge in [-0.05, 0) is 19.1 Å². The van der Waals surface area contributed by atoms with Crippen molar-refractivity contribution in [2.45, 2.75) is 6.92 Å². The molecule has 0 saturated heterocycles. The van der Waals surface area contributed by atoms with Gasteiger partial charge in [0.05, 0.1) is 18.0 Å². The van der Waals surface area contributed by atoms with Crippen LogP contribution >= 0.6 is 0 Å². The lowest BCUT2D eigenvalue weighted by atomic mass is 10.2. The number of aryl methyl sites for hydroxylation is 1. The minimum absolute atomic E-state index is 0.623. The molecule has 0 aliphatic rings. The summed E-state index contributed by atoms with van der Waals surface area (Å²) in [5.41, 5.74) is 1.71. The van der Waals surface area contributed by atoms with Gasteiger partial charge in [-0.2, -0.15) is 9.19 Å². The van der Waals surface area contributed by atoms with E-state index in [0.717, 1.165) is 21.3 Å². The van der Waals surface area contributed by atoms with Crippen LogP contribution in [0.3, 0.4) is 0 Å². The van der Waals surface area contributed by atoms with E-state index in [1.165, 1.54) is 0 Å². The van der Waals surface area contributed by atoms with Crippen molar-refractivity contribution >= 4 is 20.9 Å². The summed E-state index contributed by atoms with van der Waals surface area (Å²) < 4.78 is 23.6. The van der Waals surface area contributed by atoms with Gasteiger partial charge in [0.15, 0.2) is 0 Å². The smallest absolute Gasteiger partial charge is 0.205 e. The molecule has 0 amide bonds. The van der Waals surface area contributed by atoms with E-state index in [2.05, 4.69) is 5.10 Å². The first kappa shape index (κ1) is 9.21. The van der Waals surface area contributed by atoms with Crippen LogP contribution in [0.5, 0.6) is 0 Å². The molecule has 0 saturated carbocycles. The van der Waals surface area contributed by atoms with Crippen LogP contribution in [-0.2, 0) is 10.0 Å². The second-order valence-electron chi connectivity index (χ2n) is 3.31. The number of fused-ring (bicyclic) bond motifs is 1. The zero-order chi connectivity index (χ0) is 10.3. The lowest BCUT2D eigenvalue weighted by molar-refractivity contribution is 0.588. The van der Waals surface area contributed by atoms with Crippen molar-refractivity contribution in [1.82, 2.24) is 9.19 Å². The van der Waals surface area contributed by atoms with Gasteiger partial charge in [0.2, 0.25) is 0 Å². The third-order valence-corrected chi connectivity index (χ3v) is 2.92. The van der Waals surface area contributed by atoms with Crippen molar-refractivity contribution in [3.8, 4) is 0 Å². The maximum absolute atomic E-state index is 11.3. The maximum atomic E-state index is 11.3. The molecule has 1 aromatic heterocycles. The summed E-state index contributed by atoms with van der Waals surface area (Å²) in [5.74, 6) is 0. The Bertz CT molecular complexity index is 584. The highest BCUT2D eigenvalue weighted by atomic mass is 32.2. The van der Waals surface area contributed by atoms with Crippen molar-refractivity contribution in [2.75, 3.05) is 6.26 Å². The summed E-state index contributed by atoms with van der Waals surface area (Å²) in [6.07, 6.45) is 2.70. The average molecular weight is 210 g/mol. The molecule has 0 N–H and O–H groups in total. The van der Waals surface area contributed by atoms with Crippen molar-refractivity contribution in [3.05, 3.63) is 30.0 Å². The van der Waals surface area contributed by atoms with Gasteiger partial charge in [-0.25, -0.2) is 8.42 Å². The van der Waals surface area contributed by atoms with Crippen LogP contribution in [0, 0.1) is 6.92 Å². The molecule has 0 unspecified atom stereocenters. The second-order valence-corrected chi connectivity index (χ2v) is 5.12. The first-order valence-corrected chi connectivity index (χ1v) is 5.98. The van der Waals surface area contributed by atoms with E-state index in [4.69, 9.17) is 0 Å². The molecule has 2 aromatic rings. The molecular weight excluding hydrogens is 200 g/mol. The lowest BCUT2D eigenvalue weighted by Crippen LogP contribution is -2.10. The number of nitrogens with zero attached hydrogens (tertiary/aromatic N) is 2. The fourth-order valence-electron chi connectivity index (χ4n) is 1.39. The van der Waals surface area contributed by atoms with Crippen molar-refractivity contribution < 1.29 is 8.42 Å². The maximum Gasteiger partial charge on any atom is 0.251 e. The van der Waals surface area contributed by atoms with E-state index in [1.807, 2.05) is 19.1 Å². The zero-order valence-electron chi connectivity index (χ0n) is 7.93. The highest BCUT2D eigenvalue weighted by Gasteiger charge is 2.10. The number of hydrogen-bond donors (Lipinski definition) is 0. The topological polar surface area (TPSA) is 52.0 Å². The molecule has 1 heterocycles. The number of hydrogen-bond acceptors (Lipinski definition) is 3. The summed E-state index contributed by atoms with van der Waals surface area (Å²) in [4.78, 5) is 0. The SMILES string of the molecule is Cc1ccc2c(cnn2S(C)(=O)=O)c1. The van der Waals surface area contributed by atoms with Crippen LogP contribution in [0.25, 0.3) is 10.9 Å². The molecule has 0 radical (unpaired) electrons. The molecule has 14 heavy (non-hydrogen) atoms.